The molecule has 6 nitrogen and oxygen atoms in total. The van der Waals surface area contributed by atoms with E-state index in [1.807, 2.05) is 42.5 Å². The Morgan fingerprint density at radius 1 is 0.362 bits per heavy atom. The highest BCUT2D eigenvalue weighted by Crippen LogP contribution is 2.11. The summed E-state index contributed by atoms with van der Waals surface area (Å²) in [5.41, 5.74) is 0. The first-order valence-corrected chi connectivity index (χ1v) is 23.3. The fourth-order valence-electron chi connectivity index (χ4n) is 5.88. The van der Waals surface area contributed by atoms with E-state index in [9.17, 15) is 14.4 Å². The maximum absolute atomic E-state index is 12.7. The van der Waals surface area contributed by atoms with Gasteiger partial charge < -0.3 is 14.2 Å². The number of carbonyl (C=O) groups is 3. The van der Waals surface area contributed by atoms with Gasteiger partial charge in [0.25, 0.3) is 0 Å². The number of esters is 3. The zero-order valence-electron chi connectivity index (χ0n) is 37.3. The number of unbranched alkanes of at least 4 members (excludes halogenated alkanes) is 17. The molecule has 0 aromatic carbocycles. The molecular weight excluding hydrogens is 721 g/mol. The van der Waals surface area contributed by atoms with Gasteiger partial charge in [-0.05, 0) is 77.0 Å². The van der Waals surface area contributed by atoms with E-state index >= 15 is 0 Å². The minimum Gasteiger partial charge on any atom is -0.462 e. The van der Waals surface area contributed by atoms with Crippen LogP contribution in [0.25, 0.3) is 0 Å². The van der Waals surface area contributed by atoms with Crippen LogP contribution in [0.1, 0.15) is 194 Å². The molecule has 0 fully saturated rings. The lowest BCUT2D eigenvalue weighted by Gasteiger charge is -2.18. The van der Waals surface area contributed by atoms with E-state index in [0.717, 1.165) is 70.6 Å². The van der Waals surface area contributed by atoms with Gasteiger partial charge in [-0.15, -0.1) is 0 Å². The summed E-state index contributed by atoms with van der Waals surface area (Å²) in [6.07, 6.45) is 59.8. The Morgan fingerprint density at radius 3 is 1.34 bits per heavy atom. The van der Waals surface area contributed by atoms with Crippen LogP contribution in [-0.2, 0) is 28.6 Å². The first kappa shape index (κ1) is 54.3. The van der Waals surface area contributed by atoms with E-state index < -0.39 is 12.1 Å². The van der Waals surface area contributed by atoms with Crippen LogP contribution in [-0.4, -0.2) is 37.2 Å². The topological polar surface area (TPSA) is 78.9 Å². The average molecular weight is 805 g/mol. The summed E-state index contributed by atoms with van der Waals surface area (Å²) in [4.78, 5) is 37.7. The Hall–Kier alpha value is -3.67. The molecule has 0 saturated carbocycles. The summed E-state index contributed by atoms with van der Waals surface area (Å²) in [6.45, 7) is 6.38. The highest BCUT2D eigenvalue weighted by Gasteiger charge is 2.19. The molecule has 0 rings (SSSR count). The standard InChI is InChI=1S/C52H84O6/c1-4-7-10-13-16-19-21-23-24-25-26-27-29-30-33-36-39-42-45-51(54)57-48-49(47-56-50(53)44-41-38-35-32-18-15-12-9-6-3)58-52(55)46-43-40-37-34-31-28-22-20-17-14-11-8-5-2/h10,13,16,19,21,23-28,31-32,35,37,40,49H,4-9,11-12,14-15,17-18,20,22,29-30,33-34,36,38-39,41-48H2,1-3H3/b13-10-,19-16-,23-21-,25-24-,27-26-,31-28-,35-32-,40-37-. The number of allylic oxidation sites excluding steroid dienone is 16. The number of hydrogen-bond acceptors (Lipinski definition) is 6. The van der Waals surface area contributed by atoms with Gasteiger partial charge in [0.2, 0.25) is 0 Å². The van der Waals surface area contributed by atoms with Crippen LogP contribution in [0.4, 0.5) is 0 Å². The predicted octanol–water partition coefficient (Wildman–Crippen LogP) is 15.0. The predicted molar refractivity (Wildman–Crippen MR) is 247 cm³/mol. The lowest BCUT2D eigenvalue weighted by molar-refractivity contribution is -0.166. The molecule has 0 saturated heterocycles. The van der Waals surface area contributed by atoms with Crippen LogP contribution in [0.3, 0.4) is 0 Å². The zero-order chi connectivity index (χ0) is 42.3. The molecule has 0 aliphatic heterocycles. The van der Waals surface area contributed by atoms with Crippen molar-refractivity contribution in [3.05, 3.63) is 97.2 Å². The molecule has 0 bridgehead atoms. The van der Waals surface area contributed by atoms with Crippen molar-refractivity contribution in [1.29, 1.82) is 0 Å². The number of carbonyl (C=O) groups excluding carboxylic acids is 3. The minimum absolute atomic E-state index is 0.123. The SMILES string of the molecule is CCC\C=C/C=C\C=C/C=C\C=C/CCCCCCCC(=O)OCC(COC(=O)CCC/C=C\CCCCCC)OC(=O)CC/C=C\C/C=C\CCCCCCCC. The van der Waals surface area contributed by atoms with Crippen LogP contribution in [0.15, 0.2) is 97.2 Å². The van der Waals surface area contributed by atoms with E-state index in [1.165, 1.54) is 70.6 Å². The second-order valence-corrected chi connectivity index (χ2v) is 15.1. The van der Waals surface area contributed by atoms with Gasteiger partial charge in [-0.1, -0.05) is 195 Å². The molecule has 0 spiro atoms. The molecule has 6 heteroatoms. The van der Waals surface area contributed by atoms with Gasteiger partial charge in [-0.25, -0.2) is 0 Å². The average Bonchev–Trinajstić information content (AvgIpc) is 3.22. The van der Waals surface area contributed by atoms with Crippen LogP contribution < -0.4 is 0 Å². The number of rotatable bonds is 40. The fourth-order valence-corrected chi connectivity index (χ4v) is 5.88. The maximum atomic E-state index is 12.7. The summed E-state index contributed by atoms with van der Waals surface area (Å²) in [5.74, 6) is -1.06. The molecule has 0 heterocycles. The molecule has 1 atom stereocenters. The van der Waals surface area contributed by atoms with Crippen LogP contribution >= 0.6 is 0 Å². The smallest absolute Gasteiger partial charge is 0.306 e. The first-order chi connectivity index (χ1) is 28.5. The summed E-state index contributed by atoms with van der Waals surface area (Å²) in [6, 6.07) is 0. The van der Waals surface area contributed by atoms with Gasteiger partial charge >= 0.3 is 17.9 Å². The van der Waals surface area contributed by atoms with E-state index in [2.05, 4.69) is 75.5 Å². The lowest BCUT2D eigenvalue weighted by Crippen LogP contribution is -2.30. The number of ether oxygens (including phenoxy) is 3. The molecule has 0 radical (unpaired) electrons. The van der Waals surface area contributed by atoms with E-state index in [0.29, 0.717) is 25.7 Å². The van der Waals surface area contributed by atoms with Crippen molar-refractivity contribution >= 4 is 17.9 Å². The first-order valence-electron chi connectivity index (χ1n) is 23.3. The van der Waals surface area contributed by atoms with Crippen molar-refractivity contribution in [2.75, 3.05) is 13.2 Å². The highest BCUT2D eigenvalue weighted by atomic mass is 16.6. The maximum Gasteiger partial charge on any atom is 0.306 e. The Labute approximate surface area is 356 Å². The van der Waals surface area contributed by atoms with Crippen molar-refractivity contribution in [2.45, 2.75) is 200 Å². The molecule has 1 unspecified atom stereocenters. The van der Waals surface area contributed by atoms with Gasteiger partial charge in [0.1, 0.15) is 13.2 Å². The summed E-state index contributed by atoms with van der Waals surface area (Å²) in [5, 5.41) is 0. The zero-order valence-corrected chi connectivity index (χ0v) is 37.3. The highest BCUT2D eigenvalue weighted by molar-refractivity contribution is 5.71. The largest absolute Gasteiger partial charge is 0.462 e. The molecule has 0 N–H and O–H groups in total. The molecule has 0 aliphatic carbocycles. The summed E-state index contributed by atoms with van der Waals surface area (Å²) in [7, 11) is 0. The summed E-state index contributed by atoms with van der Waals surface area (Å²) >= 11 is 0. The van der Waals surface area contributed by atoms with Crippen molar-refractivity contribution < 1.29 is 28.6 Å². The van der Waals surface area contributed by atoms with Gasteiger partial charge in [0.05, 0.1) is 0 Å². The monoisotopic (exact) mass is 805 g/mol. The molecule has 0 amide bonds. The fraction of sp³-hybridized carbons (Fsp3) is 0.635. The number of hydrogen-bond donors (Lipinski definition) is 0. The Balaban J connectivity index is 4.51. The van der Waals surface area contributed by atoms with Crippen molar-refractivity contribution in [3.8, 4) is 0 Å². The molecule has 328 valence electrons. The van der Waals surface area contributed by atoms with E-state index in [-0.39, 0.29) is 31.6 Å². The second-order valence-electron chi connectivity index (χ2n) is 15.1. The lowest BCUT2D eigenvalue weighted by atomic mass is 10.1. The molecule has 0 aromatic rings. The third-order valence-corrected chi connectivity index (χ3v) is 9.40. The Kier molecular flexibility index (Phi) is 43.1. The van der Waals surface area contributed by atoms with E-state index in [1.54, 1.807) is 0 Å². The second kappa shape index (κ2) is 46.0. The van der Waals surface area contributed by atoms with Crippen LogP contribution in [0.5, 0.6) is 0 Å². The Morgan fingerprint density at radius 2 is 0.776 bits per heavy atom. The molecule has 58 heavy (non-hydrogen) atoms. The van der Waals surface area contributed by atoms with Crippen molar-refractivity contribution in [2.24, 2.45) is 0 Å². The van der Waals surface area contributed by atoms with Gasteiger partial charge in [0, 0.05) is 19.3 Å². The third-order valence-electron chi connectivity index (χ3n) is 9.40. The third kappa shape index (κ3) is 43.5. The van der Waals surface area contributed by atoms with Crippen LogP contribution in [0, 0.1) is 0 Å². The van der Waals surface area contributed by atoms with Crippen molar-refractivity contribution in [3.63, 3.8) is 0 Å². The van der Waals surface area contributed by atoms with Crippen molar-refractivity contribution in [1.82, 2.24) is 0 Å². The van der Waals surface area contributed by atoms with E-state index in [4.69, 9.17) is 14.2 Å². The van der Waals surface area contributed by atoms with Crippen LogP contribution in [0.2, 0.25) is 0 Å². The molecule has 0 aliphatic rings. The van der Waals surface area contributed by atoms with Gasteiger partial charge in [-0.2, -0.15) is 0 Å². The normalized spacial score (nSPS) is 12.9. The molecular formula is C52H84O6. The van der Waals surface area contributed by atoms with Gasteiger partial charge in [-0.3, -0.25) is 14.4 Å². The minimum atomic E-state index is -0.828. The van der Waals surface area contributed by atoms with Gasteiger partial charge in [0.15, 0.2) is 6.10 Å². The Bertz CT molecular complexity index is 1200. The summed E-state index contributed by atoms with van der Waals surface area (Å²) < 4.78 is 16.6. The quantitative estimate of drug-likeness (QED) is 0.0202. The molecule has 0 aromatic heterocycles.